The van der Waals surface area contributed by atoms with Crippen LogP contribution in [0.1, 0.15) is 16.7 Å². The zero-order chi connectivity index (χ0) is 19.5. The number of benzene rings is 3. The molecule has 0 aliphatic heterocycles. The molecule has 0 saturated carbocycles. The van der Waals surface area contributed by atoms with Gasteiger partial charge in [-0.3, -0.25) is 0 Å². The van der Waals surface area contributed by atoms with Crippen LogP contribution in [-0.4, -0.2) is 16.3 Å². The molecule has 0 aliphatic carbocycles. The monoisotopic (exact) mass is 371 g/mol. The molecule has 0 amide bonds. The number of nitrogens with zero attached hydrogens (tertiary/aromatic N) is 2. The van der Waals surface area contributed by atoms with Crippen LogP contribution in [0.2, 0.25) is 0 Å². The molecule has 1 aromatic heterocycles. The second kappa shape index (κ2) is 7.69. The number of hydrogen-bond acceptors (Lipinski definition) is 2. The van der Waals surface area contributed by atoms with E-state index in [-0.39, 0.29) is 5.82 Å². The maximum atomic E-state index is 13.2. The fourth-order valence-electron chi connectivity index (χ4n) is 3.42. The summed E-state index contributed by atoms with van der Waals surface area (Å²) in [5, 5.41) is 8.95. The summed E-state index contributed by atoms with van der Waals surface area (Å²) in [5.41, 5.74) is 6.27. The van der Waals surface area contributed by atoms with E-state index in [2.05, 4.69) is 48.2 Å². The van der Waals surface area contributed by atoms with Gasteiger partial charge < -0.3 is 5.32 Å². The second-order valence-electron chi connectivity index (χ2n) is 6.92. The number of aromatic nitrogens is 2. The lowest BCUT2D eigenvalue weighted by molar-refractivity contribution is 0.627. The van der Waals surface area contributed by atoms with Crippen molar-refractivity contribution in [1.82, 2.24) is 15.1 Å². The van der Waals surface area contributed by atoms with Gasteiger partial charge in [-0.2, -0.15) is 5.10 Å². The van der Waals surface area contributed by atoms with Gasteiger partial charge in [0, 0.05) is 23.2 Å². The Balaban J connectivity index is 1.53. The van der Waals surface area contributed by atoms with E-state index in [1.807, 2.05) is 29.1 Å². The molecule has 3 nitrogen and oxygen atoms in total. The average Bonchev–Trinajstić information content (AvgIpc) is 3.13. The molecular weight excluding hydrogens is 349 g/mol. The number of hydrogen-bond donors (Lipinski definition) is 1. The summed E-state index contributed by atoms with van der Waals surface area (Å²) in [7, 11) is 0. The Bertz CT molecular complexity index is 1130. The van der Waals surface area contributed by atoms with Crippen LogP contribution in [0.25, 0.3) is 22.3 Å². The summed E-state index contributed by atoms with van der Waals surface area (Å²) >= 11 is 0. The molecule has 28 heavy (non-hydrogen) atoms. The number of halogens is 1. The van der Waals surface area contributed by atoms with Crippen LogP contribution in [0.5, 0.6) is 0 Å². The van der Waals surface area contributed by atoms with Crippen LogP contribution in [0.4, 0.5) is 4.39 Å². The molecule has 4 aromatic rings. The Kier molecular flexibility index (Phi) is 4.94. The van der Waals surface area contributed by atoms with Crippen molar-refractivity contribution < 1.29 is 4.39 Å². The summed E-state index contributed by atoms with van der Waals surface area (Å²) < 4.78 is 15.0. The minimum absolute atomic E-state index is 0.257. The first-order chi connectivity index (χ1) is 13.6. The van der Waals surface area contributed by atoms with Crippen LogP contribution < -0.4 is 5.32 Å². The number of fused-ring (bicyclic) bond motifs is 1. The van der Waals surface area contributed by atoms with E-state index >= 15 is 0 Å². The highest BCUT2D eigenvalue weighted by atomic mass is 19.1. The number of rotatable bonds is 6. The van der Waals surface area contributed by atoms with Crippen molar-refractivity contribution in [3.63, 3.8) is 0 Å². The van der Waals surface area contributed by atoms with E-state index in [1.54, 1.807) is 12.1 Å². The van der Waals surface area contributed by atoms with E-state index in [9.17, 15) is 4.39 Å². The minimum Gasteiger partial charge on any atom is -0.385 e. The van der Waals surface area contributed by atoms with Crippen molar-refractivity contribution in [3.8, 4) is 5.69 Å². The van der Waals surface area contributed by atoms with E-state index in [4.69, 9.17) is 0 Å². The molecule has 4 heteroatoms. The second-order valence-corrected chi connectivity index (χ2v) is 6.92. The van der Waals surface area contributed by atoms with Crippen LogP contribution in [0.15, 0.2) is 79.5 Å². The highest BCUT2D eigenvalue weighted by Gasteiger charge is 2.10. The molecule has 0 bridgehead atoms. The molecule has 4 rings (SSSR count). The van der Waals surface area contributed by atoms with E-state index < -0.39 is 0 Å². The smallest absolute Gasteiger partial charge is 0.123 e. The standard InChI is InChI=1S/C24H22FN3/c1-17-5-3-6-19(15-17)13-14-26-18(2)22-7-4-8-24-23(22)16-27-28(24)21-11-9-20(25)10-12-21/h3-12,15-16,26H,2,13-14H2,1H3. The lowest BCUT2D eigenvalue weighted by Gasteiger charge is -2.11. The Hall–Kier alpha value is -3.40. The first kappa shape index (κ1) is 18.0. The first-order valence-electron chi connectivity index (χ1n) is 9.33. The molecule has 0 fully saturated rings. The molecule has 0 atom stereocenters. The zero-order valence-corrected chi connectivity index (χ0v) is 15.8. The van der Waals surface area contributed by atoms with Crippen LogP contribution in [0, 0.1) is 12.7 Å². The first-order valence-corrected chi connectivity index (χ1v) is 9.33. The third kappa shape index (κ3) is 3.67. The van der Waals surface area contributed by atoms with Crippen LogP contribution in [-0.2, 0) is 6.42 Å². The Morgan fingerprint density at radius 3 is 2.64 bits per heavy atom. The molecule has 0 unspecified atom stereocenters. The lowest BCUT2D eigenvalue weighted by Crippen LogP contribution is -2.15. The number of aryl methyl sites for hydroxylation is 1. The van der Waals surface area contributed by atoms with Crippen molar-refractivity contribution in [1.29, 1.82) is 0 Å². The molecule has 1 heterocycles. The highest BCUT2D eigenvalue weighted by molar-refractivity contribution is 5.91. The molecular formula is C24H22FN3. The quantitative estimate of drug-likeness (QED) is 0.500. The fourth-order valence-corrected chi connectivity index (χ4v) is 3.42. The minimum atomic E-state index is -0.257. The van der Waals surface area contributed by atoms with Gasteiger partial charge in [0.1, 0.15) is 5.82 Å². The van der Waals surface area contributed by atoms with Gasteiger partial charge >= 0.3 is 0 Å². The van der Waals surface area contributed by atoms with Gasteiger partial charge in [-0.05, 0) is 49.2 Å². The van der Waals surface area contributed by atoms with Gasteiger partial charge in [0.15, 0.2) is 0 Å². The predicted molar refractivity (Wildman–Crippen MR) is 113 cm³/mol. The van der Waals surface area contributed by atoms with Gasteiger partial charge in [-0.1, -0.05) is 48.5 Å². The molecule has 0 aliphatic rings. The molecule has 0 spiro atoms. The van der Waals surface area contributed by atoms with Gasteiger partial charge in [0.25, 0.3) is 0 Å². The predicted octanol–water partition coefficient (Wildman–Crippen LogP) is 5.28. The van der Waals surface area contributed by atoms with Crippen molar-refractivity contribution >= 4 is 16.6 Å². The summed E-state index contributed by atoms with van der Waals surface area (Å²) in [5.74, 6) is -0.257. The largest absolute Gasteiger partial charge is 0.385 e. The van der Waals surface area contributed by atoms with Gasteiger partial charge in [0.05, 0.1) is 17.4 Å². The van der Waals surface area contributed by atoms with Crippen LogP contribution >= 0.6 is 0 Å². The Morgan fingerprint density at radius 1 is 1.07 bits per heavy atom. The SMILES string of the molecule is C=C(NCCc1cccc(C)c1)c1cccc2c1cnn2-c1ccc(F)cc1. The lowest BCUT2D eigenvalue weighted by atomic mass is 10.1. The topological polar surface area (TPSA) is 29.9 Å². The Morgan fingerprint density at radius 2 is 1.86 bits per heavy atom. The molecule has 0 radical (unpaired) electrons. The highest BCUT2D eigenvalue weighted by Crippen LogP contribution is 2.25. The molecule has 1 N–H and O–H groups in total. The number of nitrogens with one attached hydrogen (secondary N) is 1. The fraction of sp³-hybridized carbons (Fsp3) is 0.125. The van der Waals surface area contributed by atoms with Gasteiger partial charge in [-0.25, -0.2) is 9.07 Å². The Labute approximate surface area is 164 Å². The normalized spacial score (nSPS) is 10.9. The summed E-state index contributed by atoms with van der Waals surface area (Å²) in [6, 6.07) is 20.9. The van der Waals surface area contributed by atoms with Crippen molar-refractivity contribution in [2.45, 2.75) is 13.3 Å². The van der Waals surface area contributed by atoms with Crippen molar-refractivity contribution in [2.24, 2.45) is 0 Å². The molecule has 140 valence electrons. The van der Waals surface area contributed by atoms with Crippen molar-refractivity contribution in [3.05, 3.63) is 102 Å². The summed E-state index contributed by atoms with van der Waals surface area (Å²) in [6.45, 7) is 7.14. The van der Waals surface area contributed by atoms with Gasteiger partial charge in [-0.15, -0.1) is 0 Å². The third-order valence-corrected chi connectivity index (χ3v) is 4.84. The van der Waals surface area contributed by atoms with Gasteiger partial charge in [0.2, 0.25) is 0 Å². The summed E-state index contributed by atoms with van der Waals surface area (Å²) in [6.07, 6.45) is 2.77. The average molecular weight is 371 g/mol. The molecule has 3 aromatic carbocycles. The maximum absolute atomic E-state index is 13.2. The molecule has 0 saturated heterocycles. The van der Waals surface area contributed by atoms with E-state index in [0.29, 0.717) is 0 Å². The third-order valence-electron chi connectivity index (χ3n) is 4.84. The zero-order valence-electron chi connectivity index (χ0n) is 15.8. The summed E-state index contributed by atoms with van der Waals surface area (Å²) in [4.78, 5) is 0. The maximum Gasteiger partial charge on any atom is 0.123 e. The van der Waals surface area contributed by atoms with E-state index in [1.165, 1.54) is 23.3 Å². The van der Waals surface area contributed by atoms with E-state index in [0.717, 1.165) is 40.8 Å². The van der Waals surface area contributed by atoms with Crippen molar-refractivity contribution in [2.75, 3.05) is 6.54 Å². The van der Waals surface area contributed by atoms with Crippen LogP contribution in [0.3, 0.4) is 0 Å².